The third-order valence-electron chi connectivity index (χ3n) is 5.01. The summed E-state index contributed by atoms with van der Waals surface area (Å²) < 4.78 is 2.14. The van der Waals surface area contributed by atoms with Gasteiger partial charge in [-0.3, -0.25) is 4.79 Å². The number of hydrogen-bond acceptors (Lipinski definition) is 2. The third kappa shape index (κ3) is 6.14. The maximum Gasteiger partial charge on any atom is 0.189 e. The normalized spacial score (nSPS) is 12.9. The molecule has 0 aliphatic carbocycles. The summed E-state index contributed by atoms with van der Waals surface area (Å²) in [6.07, 6.45) is 13.3. The van der Waals surface area contributed by atoms with Gasteiger partial charge in [-0.15, -0.1) is 0 Å². The summed E-state index contributed by atoms with van der Waals surface area (Å²) in [7, 11) is 2.04. The highest BCUT2D eigenvalue weighted by Crippen LogP contribution is 2.15. The number of allylic oxidation sites excluding steroid dienone is 1. The maximum atomic E-state index is 12.2. The van der Waals surface area contributed by atoms with Crippen LogP contribution >= 0.6 is 0 Å². The lowest BCUT2D eigenvalue weighted by molar-refractivity contribution is 0.163. The fraction of sp³-hybridized carbons (Fsp3) is 0.522. The van der Waals surface area contributed by atoms with Gasteiger partial charge in [0, 0.05) is 24.2 Å². The van der Waals surface area contributed by atoms with Crippen LogP contribution in [0.3, 0.4) is 0 Å². The van der Waals surface area contributed by atoms with Gasteiger partial charge in [0.1, 0.15) is 0 Å². The Morgan fingerprint density at radius 1 is 1.12 bits per heavy atom. The Morgan fingerprint density at radius 3 is 2.69 bits per heavy atom. The van der Waals surface area contributed by atoms with E-state index >= 15 is 0 Å². The van der Waals surface area contributed by atoms with E-state index in [1.165, 1.54) is 0 Å². The number of fused-ring (bicyclic) bond motifs is 1. The quantitative estimate of drug-likeness (QED) is 0.448. The van der Waals surface area contributed by atoms with Crippen LogP contribution < -0.4 is 5.43 Å². The van der Waals surface area contributed by atoms with Crippen LogP contribution in [-0.2, 0) is 13.5 Å². The Morgan fingerprint density at radius 2 is 1.88 bits per heavy atom. The van der Waals surface area contributed by atoms with Crippen molar-refractivity contribution in [1.29, 1.82) is 0 Å². The van der Waals surface area contributed by atoms with E-state index in [0.29, 0.717) is 0 Å². The first-order valence-corrected chi connectivity index (χ1v) is 10.0. The highest BCUT2D eigenvalue weighted by Gasteiger charge is 2.06. The van der Waals surface area contributed by atoms with Gasteiger partial charge < -0.3 is 9.67 Å². The number of aliphatic hydroxyl groups excluding tert-OH is 1. The summed E-state index contributed by atoms with van der Waals surface area (Å²) in [4.78, 5) is 12.2. The van der Waals surface area contributed by atoms with Crippen molar-refractivity contribution in [1.82, 2.24) is 4.57 Å². The molecule has 0 aliphatic rings. The van der Waals surface area contributed by atoms with Gasteiger partial charge in [-0.2, -0.15) is 0 Å². The smallest absolute Gasteiger partial charge is 0.189 e. The molecule has 1 unspecified atom stereocenters. The Balaban J connectivity index is 1.71. The molecule has 1 heterocycles. The molecule has 0 saturated heterocycles. The molecule has 142 valence electrons. The van der Waals surface area contributed by atoms with Gasteiger partial charge in [0.25, 0.3) is 0 Å². The molecule has 0 saturated carbocycles. The number of rotatable bonds is 11. The van der Waals surface area contributed by atoms with Crippen molar-refractivity contribution >= 4 is 10.9 Å². The van der Waals surface area contributed by atoms with Crippen LogP contribution in [0.2, 0.25) is 0 Å². The molecule has 3 nitrogen and oxygen atoms in total. The molecule has 0 aliphatic heterocycles. The fourth-order valence-corrected chi connectivity index (χ4v) is 3.39. The summed E-state index contributed by atoms with van der Waals surface area (Å²) in [5.41, 5.74) is 2.23. The fourth-order valence-electron chi connectivity index (χ4n) is 3.39. The van der Waals surface area contributed by atoms with Crippen molar-refractivity contribution < 1.29 is 5.11 Å². The Labute approximate surface area is 157 Å². The SMILES string of the molecule is CCCC=CCC(O)CCCCCCc1cc(=O)c2ccccc2n1C. The summed E-state index contributed by atoms with van der Waals surface area (Å²) >= 11 is 0. The monoisotopic (exact) mass is 355 g/mol. The van der Waals surface area contributed by atoms with Crippen LogP contribution in [0.1, 0.15) is 64.0 Å². The van der Waals surface area contributed by atoms with Gasteiger partial charge in [0.15, 0.2) is 5.43 Å². The van der Waals surface area contributed by atoms with E-state index in [1.807, 2.05) is 31.3 Å². The van der Waals surface area contributed by atoms with Crippen LogP contribution in [-0.4, -0.2) is 15.8 Å². The number of pyridine rings is 1. The molecule has 2 rings (SSSR count). The van der Waals surface area contributed by atoms with Crippen LogP contribution in [0.15, 0.2) is 47.3 Å². The van der Waals surface area contributed by atoms with E-state index < -0.39 is 0 Å². The van der Waals surface area contributed by atoms with Crippen molar-refractivity contribution in [2.75, 3.05) is 0 Å². The Hall–Kier alpha value is -1.87. The largest absolute Gasteiger partial charge is 0.393 e. The molecule has 1 aromatic heterocycles. The summed E-state index contributed by atoms with van der Waals surface area (Å²) in [6.45, 7) is 2.16. The second kappa shape index (κ2) is 11.0. The average molecular weight is 356 g/mol. The number of para-hydroxylation sites is 1. The van der Waals surface area contributed by atoms with Gasteiger partial charge in [-0.1, -0.05) is 56.9 Å². The van der Waals surface area contributed by atoms with E-state index in [2.05, 4.69) is 23.6 Å². The van der Waals surface area contributed by atoms with E-state index in [4.69, 9.17) is 0 Å². The lowest BCUT2D eigenvalue weighted by Gasteiger charge is -2.12. The molecule has 0 radical (unpaired) electrons. The Kier molecular flexibility index (Phi) is 8.63. The number of hydrogen-bond donors (Lipinski definition) is 1. The Bertz CT molecular complexity index is 760. The molecule has 1 aromatic carbocycles. The van der Waals surface area contributed by atoms with Gasteiger partial charge in [-0.05, 0) is 44.2 Å². The van der Waals surface area contributed by atoms with Gasteiger partial charge in [-0.25, -0.2) is 0 Å². The molecule has 26 heavy (non-hydrogen) atoms. The van der Waals surface area contributed by atoms with Crippen molar-refractivity contribution in [3.8, 4) is 0 Å². The highest BCUT2D eigenvalue weighted by molar-refractivity contribution is 5.79. The number of nitrogens with zero attached hydrogens (tertiary/aromatic N) is 1. The second-order valence-electron chi connectivity index (χ2n) is 7.18. The van der Waals surface area contributed by atoms with E-state index in [0.717, 1.165) is 74.4 Å². The molecular weight excluding hydrogens is 322 g/mol. The van der Waals surface area contributed by atoms with Crippen LogP contribution in [0.5, 0.6) is 0 Å². The first kappa shape index (κ1) is 20.4. The molecule has 0 spiro atoms. The van der Waals surface area contributed by atoms with Crippen molar-refractivity contribution in [3.05, 3.63) is 58.4 Å². The molecule has 1 atom stereocenters. The highest BCUT2D eigenvalue weighted by atomic mass is 16.3. The van der Waals surface area contributed by atoms with E-state index in [1.54, 1.807) is 6.07 Å². The predicted molar refractivity (Wildman–Crippen MR) is 111 cm³/mol. The summed E-state index contributed by atoms with van der Waals surface area (Å²) in [5, 5.41) is 10.8. The number of aromatic nitrogens is 1. The van der Waals surface area contributed by atoms with Crippen molar-refractivity contribution in [2.45, 2.75) is 70.8 Å². The minimum absolute atomic E-state index is 0.118. The van der Waals surface area contributed by atoms with Crippen molar-refractivity contribution in [3.63, 3.8) is 0 Å². The van der Waals surface area contributed by atoms with E-state index in [9.17, 15) is 9.90 Å². The summed E-state index contributed by atoms with van der Waals surface area (Å²) in [6, 6.07) is 9.58. The molecule has 0 bridgehead atoms. The second-order valence-corrected chi connectivity index (χ2v) is 7.18. The number of benzene rings is 1. The molecular formula is C23H33NO2. The first-order chi connectivity index (χ1) is 12.6. The molecule has 0 amide bonds. The number of aliphatic hydroxyl groups is 1. The summed E-state index contributed by atoms with van der Waals surface area (Å²) in [5.74, 6) is 0. The molecule has 1 N–H and O–H groups in total. The lowest BCUT2D eigenvalue weighted by Crippen LogP contribution is -2.11. The zero-order valence-corrected chi connectivity index (χ0v) is 16.3. The van der Waals surface area contributed by atoms with Crippen molar-refractivity contribution in [2.24, 2.45) is 7.05 Å². The van der Waals surface area contributed by atoms with Gasteiger partial charge in [0.05, 0.1) is 11.6 Å². The maximum absolute atomic E-state index is 12.2. The van der Waals surface area contributed by atoms with Gasteiger partial charge >= 0.3 is 0 Å². The van der Waals surface area contributed by atoms with E-state index in [-0.39, 0.29) is 11.5 Å². The zero-order valence-electron chi connectivity index (χ0n) is 16.3. The van der Waals surface area contributed by atoms with Crippen LogP contribution in [0.25, 0.3) is 10.9 Å². The first-order valence-electron chi connectivity index (χ1n) is 10.0. The standard InChI is InChI=1S/C23H33NO2/c1-3-4-5-9-14-20(25)15-10-7-6-8-13-19-18-23(26)21-16-11-12-17-22(21)24(19)2/h5,9,11-12,16-18,20,25H,3-4,6-8,10,13-15H2,1-2H3. The molecule has 2 aromatic rings. The average Bonchev–Trinajstić information content (AvgIpc) is 2.65. The van der Waals surface area contributed by atoms with Crippen LogP contribution in [0, 0.1) is 0 Å². The third-order valence-corrected chi connectivity index (χ3v) is 5.01. The minimum atomic E-state index is -0.204. The zero-order chi connectivity index (χ0) is 18.8. The number of aryl methyl sites for hydroxylation is 2. The molecule has 3 heteroatoms. The number of unbranched alkanes of at least 4 members (excludes halogenated alkanes) is 4. The minimum Gasteiger partial charge on any atom is -0.393 e. The van der Waals surface area contributed by atoms with Gasteiger partial charge in [0.2, 0.25) is 0 Å². The predicted octanol–water partition coefficient (Wildman–Crippen LogP) is 5.14. The topological polar surface area (TPSA) is 42.2 Å². The lowest BCUT2D eigenvalue weighted by atomic mass is 10.0. The van der Waals surface area contributed by atoms with Crippen LogP contribution in [0.4, 0.5) is 0 Å². The molecule has 0 fully saturated rings.